The molecule has 0 aromatic carbocycles. The van der Waals surface area contributed by atoms with E-state index < -0.39 is 111 Å². The van der Waals surface area contributed by atoms with E-state index in [9.17, 15) is 31.5 Å². The third-order valence-electron chi connectivity index (χ3n) is 6.50. The van der Waals surface area contributed by atoms with Crippen LogP contribution >= 0.6 is 11.3 Å². The van der Waals surface area contributed by atoms with Gasteiger partial charge in [0.05, 0.1) is 22.8 Å². The van der Waals surface area contributed by atoms with Crippen LogP contribution in [0.5, 0.6) is 0 Å². The number of nitrogens with one attached hydrogen (secondary N) is 1. The minimum Gasteiger partial charge on any atom is -0.387 e. The van der Waals surface area contributed by atoms with Gasteiger partial charge in [0, 0.05) is 36.5 Å². The summed E-state index contributed by atoms with van der Waals surface area (Å²) >= 11 is 0.399. The number of carbonyl (C=O) groups is 1. The fraction of sp³-hybridized carbons (Fsp3) is 0.737. The number of hydrogen-bond donors (Lipinski definition) is 2. The lowest BCUT2D eigenvalue weighted by molar-refractivity contribution is -0.214. The number of halogens is 6. The van der Waals surface area contributed by atoms with Crippen LogP contribution in [-0.4, -0.2) is 48.4 Å². The van der Waals surface area contributed by atoms with E-state index in [1.165, 1.54) is 0 Å². The van der Waals surface area contributed by atoms with Crippen LogP contribution in [0.3, 0.4) is 0 Å². The van der Waals surface area contributed by atoms with E-state index >= 15 is 13.2 Å². The molecule has 2 N–H and O–H groups in total. The zero-order valence-electron chi connectivity index (χ0n) is 16.9. The Morgan fingerprint density at radius 3 is 1.97 bits per heavy atom. The maximum Gasteiger partial charge on any atom is 0.417 e. The van der Waals surface area contributed by atoms with Crippen LogP contribution in [0.1, 0.15) is 55.8 Å². The lowest BCUT2D eigenvalue weighted by atomic mass is 9.46. The molecule has 5 rings (SSSR count). The molecule has 0 aliphatic heterocycles. The zero-order chi connectivity index (χ0) is 24.0. The third-order valence-corrected chi connectivity index (χ3v) is 8.34. The summed E-state index contributed by atoms with van der Waals surface area (Å²) in [7, 11) is -3.89. The second-order valence-electron chi connectivity index (χ2n) is 9.75. The molecule has 32 heavy (non-hydrogen) atoms. The molecule has 0 saturated heterocycles. The second-order valence-corrected chi connectivity index (χ2v) is 12.8. The van der Waals surface area contributed by atoms with Gasteiger partial charge in [-0.2, -0.15) is 13.2 Å². The van der Waals surface area contributed by atoms with Gasteiger partial charge in [0.15, 0.2) is 0 Å². The number of rotatable bonds is 5. The highest BCUT2D eigenvalue weighted by molar-refractivity contribution is 7.90. The summed E-state index contributed by atoms with van der Waals surface area (Å²) in [5.74, 6) is -2.07. The van der Waals surface area contributed by atoms with Crippen LogP contribution in [0.15, 0.2) is 5.38 Å². The molecule has 4 fully saturated rings. The van der Waals surface area contributed by atoms with Crippen molar-refractivity contribution >= 4 is 32.1 Å². The molecule has 4 saturated carbocycles. The molecule has 180 valence electrons. The van der Waals surface area contributed by atoms with Crippen molar-refractivity contribution in [2.75, 3.05) is 17.3 Å². The summed E-state index contributed by atoms with van der Waals surface area (Å²) < 4.78 is 109. The topological polar surface area (TPSA) is 83.5 Å². The number of aliphatic hydroxyl groups excluding tert-OH is 1. The zero-order valence-corrected chi connectivity index (χ0v) is 18.5. The van der Waals surface area contributed by atoms with Gasteiger partial charge in [-0.3, -0.25) is 4.79 Å². The molecule has 4 aliphatic carbocycles. The number of alkyl halides is 6. The van der Waals surface area contributed by atoms with Crippen molar-refractivity contribution in [2.45, 2.75) is 67.8 Å². The summed E-state index contributed by atoms with van der Waals surface area (Å²) in [6, 6.07) is 0. The fourth-order valence-electron chi connectivity index (χ4n) is 6.13. The predicted octanol–water partition coefficient (Wildman–Crippen LogP) is 4.28. The first-order chi connectivity index (χ1) is 14.4. The predicted molar refractivity (Wildman–Crippen MR) is 104 cm³/mol. The highest BCUT2D eigenvalue weighted by Crippen LogP contribution is 2.68. The molecule has 1 amide bonds. The summed E-state index contributed by atoms with van der Waals surface area (Å²) in [6.45, 7) is 0. The van der Waals surface area contributed by atoms with Crippen molar-refractivity contribution < 1.29 is 44.7 Å². The first-order valence-electron chi connectivity index (χ1n) is 9.79. The van der Waals surface area contributed by atoms with Crippen molar-refractivity contribution in [3.8, 4) is 0 Å². The lowest BCUT2D eigenvalue weighted by Crippen LogP contribution is -2.67. The van der Waals surface area contributed by atoms with Crippen LogP contribution in [-0.2, 0) is 20.8 Å². The standard InChI is InChI=1S/C19H21F6NO4S2/c1-32(29,30)3-11(27)12-10(19(23,24)25)2-31-13(12)26-14(28)15-4-16(20)7-17(21,5-15)9-18(22,6-15)8-16/h2,11,27H,3-9H2,1H3,(H,26,28). The van der Waals surface area contributed by atoms with Gasteiger partial charge in [-0.25, -0.2) is 21.6 Å². The highest BCUT2D eigenvalue weighted by atomic mass is 32.2. The Kier molecular flexibility index (Phi) is 5.09. The summed E-state index contributed by atoms with van der Waals surface area (Å²) in [5, 5.41) is 12.6. The van der Waals surface area contributed by atoms with Gasteiger partial charge in [0.2, 0.25) is 5.91 Å². The van der Waals surface area contributed by atoms with E-state index in [1.54, 1.807) is 0 Å². The fourth-order valence-corrected chi connectivity index (χ4v) is 7.89. The molecule has 1 atom stereocenters. The van der Waals surface area contributed by atoms with Crippen LogP contribution in [0.4, 0.5) is 31.3 Å². The molecule has 1 unspecified atom stereocenters. The van der Waals surface area contributed by atoms with E-state index in [-0.39, 0.29) is 0 Å². The van der Waals surface area contributed by atoms with Crippen LogP contribution in [0.25, 0.3) is 0 Å². The molecule has 5 nitrogen and oxygen atoms in total. The van der Waals surface area contributed by atoms with E-state index in [0.29, 0.717) is 16.7 Å². The summed E-state index contributed by atoms with van der Waals surface area (Å²) in [5.41, 5.74) is -10.7. The molecule has 13 heteroatoms. The number of carbonyl (C=O) groups excluding carboxylic acids is 1. The third kappa shape index (κ3) is 4.15. The number of hydrogen-bond acceptors (Lipinski definition) is 5. The second kappa shape index (κ2) is 6.84. The number of sulfone groups is 1. The molecule has 1 heterocycles. The van der Waals surface area contributed by atoms with Crippen molar-refractivity contribution in [3.63, 3.8) is 0 Å². The minimum atomic E-state index is -4.96. The average Bonchev–Trinajstić information content (AvgIpc) is 2.92. The van der Waals surface area contributed by atoms with Gasteiger partial charge in [0.1, 0.15) is 31.8 Å². The Morgan fingerprint density at radius 1 is 1.09 bits per heavy atom. The minimum absolute atomic E-state index is 0.399. The first kappa shape index (κ1) is 23.8. The monoisotopic (exact) mass is 505 g/mol. The molecular weight excluding hydrogens is 484 g/mol. The number of aliphatic hydroxyl groups is 1. The van der Waals surface area contributed by atoms with Crippen LogP contribution in [0, 0.1) is 5.41 Å². The Bertz CT molecular complexity index is 1010. The quantitative estimate of drug-likeness (QED) is 0.586. The van der Waals surface area contributed by atoms with Crippen molar-refractivity contribution in [2.24, 2.45) is 5.41 Å². The smallest absolute Gasteiger partial charge is 0.387 e. The maximum absolute atomic E-state index is 15.2. The van der Waals surface area contributed by atoms with Gasteiger partial charge in [-0.05, 0) is 19.3 Å². The molecule has 4 bridgehead atoms. The van der Waals surface area contributed by atoms with E-state index in [1.807, 2.05) is 0 Å². The number of anilines is 1. The van der Waals surface area contributed by atoms with Gasteiger partial charge in [-0.15, -0.1) is 11.3 Å². The van der Waals surface area contributed by atoms with E-state index in [0.717, 1.165) is 6.26 Å². The van der Waals surface area contributed by atoms with Gasteiger partial charge in [0.25, 0.3) is 0 Å². The molecule has 4 aliphatic rings. The highest BCUT2D eigenvalue weighted by Gasteiger charge is 2.72. The van der Waals surface area contributed by atoms with Crippen molar-refractivity contribution in [1.29, 1.82) is 0 Å². The van der Waals surface area contributed by atoms with Gasteiger partial charge >= 0.3 is 6.18 Å². The Labute approximate surface area is 184 Å². The summed E-state index contributed by atoms with van der Waals surface area (Å²) in [6.07, 6.45) is -9.30. The van der Waals surface area contributed by atoms with Crippen molar-refractivity contribution in [1.82, 2.24) is 0 Å². The molecule has 0 radical (unpaired) electrons. The lowest BCUT2D eigenvalue weighted by Gasteiger charge is -2.62. The van der Waals surface area contributed by atoms with Crippen molar-refractivity contribution in [3.05, 3.63) is 16.5 Å². The molecule has 1 aromatic heterocycles. The summed E-state index contributed by atoms with van der Waals surface area (Å²) in [4.78, 5) is 13.1. The number of amides is 1. The maximum atomic E-state index is 15.2. The molecule has 0 spiro atoms. The molecular formula is C19H21F6NO4S2. The largest absolute Gasteiger partial charge is 0.417 e. The van der Waals surface area contributed by atoms with E-state index in [2.05, 4.69) is 5.32 Å². The van der Waals surface area contributed by atoms with E-state index in [4.69, 9.17) is 0 Å². The Balaban J connectivity index is 1.69. The number of thiophene rings is 1. The first-order valence-corrected chi connectivity index (χ1v) is 12.7. The SMILES string of the molecule is CS(=O)(=O)CC(O)c1c(C(F)(F)F)csc1NC(=O)C12CC3(F)CC(F)(CC(F)(C3)C1)C2. The van der Waals surface area contributed by atoms with Gasteiger partial charge < -0.3 is 10.4 Å². The molecule has 1 aromatic rings. The Morgan fingerprint density at radius 2 is 1.56 bits per heavy atom. The normalized spacial score (nSPS) is 37.5. The Hall–Kier alpha value is -1.34. The van der Waals surface area contributed by atoms with Crippen LogP contribution < -0.4 is 5.32 Å². The van der Waals surface area contributed by atoms with Gasteiger partial charge in [-0.1, -0.05) is 0 Å². The van der Waals surface area contributed by atoms with Crippen LogP contribution in [0.2, 0.25) is 0 Å². The average molecular weight is 506 g/mol.